The molecule has 1 aliphatic rings. The van der Waals surface area contributed by atoms with E-state index >= 15 is 0 Å². The Kier molecular flexibility index (Phi) is 5.00. The van der Waals surface area contributed by atoms with E-state index < -0.39 is 0 Å². The smallest absolute Gasteiger partial charge is 0.314 e. The van der Waals surface area contributed by atoms with Crippen LogP contribution in [0, 0.1) is 12.3 Å². The highest BCUT2D eigenvalue weighted by Gasteiger charge is 2.41. The Hall–Kier alpha value is -1.56. The van der Waals surface area contributed by atoms with Gasteiger partial charge in [0.05, 0.1) is 6.61 Å². The van der Waals surface area contributed by atoms with Crippen molar-refractivity contribution >= 4 is 6.03 Å². The number of aliphatic hydroxyl groups excluding tert-OH is 1. The van der Waals surface area contributed by atoms with Gasteiger partial charge in [0.25, 0.3) is 0 Å². The van der Waals surface area contributed by atoms with Crippen LogP contribution in [0.3, 0.4) is 0 Å². The molecule has 1 fully saturated rings. The molecule has 1 saturated carbocycles. The van der Waals surface area contributed by atoms with Crippen molar-refractivity contribution in [2.45, 2.75) is 39.2 Å². The molecule has 0 spiro atoms. The van der Waals surface area contributed by atoms with E-state index in [0.29, 0.717) is 13.1 Å². The molecule has 1 aromatic heterocycles. The van der Waals surface area contributed by atoms with Crippen molar-refractivity contribution in [1.29, 1.82) is 0 Å². The van der Waals surface area contributed by atoms with Crippen molar-refractivity contribution in [3.63, 3.8) is 0 Å². The van der Waals surface area contributed by atoms with Crippen molar-refractivity contribution in [3.8, 4) is 0 Å². The van der Waals surface area contributed by atoms with Gasteiger partial charge in [-0.25, -0.2) is 9.78 Å². The van der Waals surface area contributed by atoms with E-state index in [9.17, 15) is 4.79 Å². The fourth-order valence-electron chi connectivity index (χ4n) is 2.15. The van der Waals surface area contributed by atoms with E-state index in [1.807, 2.05) is 13.1 Å². The SMILES string of the molecule is Cc1nccn1CCCCNC(=O)NCC1(CO)CC1. The summed E-state index contributed by atoms with van der Waals surface area (Å²) < 4.78 is 2.11. The lowest BCUT2D eigenvalue weighted by Gasteiger charge is -2.13. The third kappa shape index (κ3) is 4.23. The third-order valence-electron chi connectivity index (χ3n) is 3.95. The summed E-state index contributed by atoms with van der Waals surface area (Å²) in [5.74, 6) is 1.02. The monoisotopic (exact) mass is 280 g/mol. The van der Waals surface area contributed by atoms with Crippen molar-refractivity contribution < 1.29 is 9.90 Å². The van der Waals surface area contributed by atoms with Gasteiger partial charge in [-0.15, -0.1) is 0 Å². The number of aliphatic hydroxyl groups is 1. The van der Waals surface area contributed by atoms with Gasteiger partial charge in [0.15, 0.2) is 0 Å². The summed E-state index contributed by atoms with van der Waals surface area (Å²) in [5, 5.41) is 14.8. The molecule has 3 N–H and O–H groups in total. The second-order valence-corrected chi connectivity index (χ2v) is 5.64. The molecule has 1 heterocycles. The van der Waals surface area contributed by atoms with Crippen LogP contribution in [0.2, 0.25) is 0 Å². The first-order chi connectivity index (χ1) is 9.65. The molecule has 2 amide bonds. The Bertz CT molecular complexity index is 440. The minimum absolute atomic E-state index is 0.0315. The van der Waals surface area contributed by atoms with E-state index in [4.69, 9.17) is 5.11 Å². The summed E-state index contributed by atoms with van der Waals surface area (Å²) in [6, 6.07) is -0.136. The topological polar surface area (TPSA) is 79.2 Å². The molecule has 0 atom stereocenters. The van der Waals surface area contributed by atoms with Gasteiger partial charge < -0.3 is 20.3 Å². The van der Waals surface area contributed by atoms with Crippen molar-refractivity contribution in [2.24, 2.45) is 5.41 Å². The summed E-state index contributed by atoms with van der Waals surface area (Å²) in [7, 11) is 0. The van der Waals surface area contributed by atoms with Crippen molar-refractivity contribution in [1.82, 2.24) is 20.2 Å². The standard InChI is InChI=1S/C14H24N4O2/c1-12-15-7-9-18(12)8-3-2-6-16-13(20)17-10-14(11-19)4-5-14/h7,9,19H,2-6,8,10-11H2,1H3,(H2,16,17,20). The summed E-state index contributed by atoms with van der Waals surface area (Å²) >= 11 is 0. The zero-order valence-corrected chi connectivity index (χ0v) is 12.1. The molecule has 1 aromatic rings. The fourth-order valence-corrected chi connectivity index (χ4v) is 2.15. The second kappa shape index (κ2) is 6.74. The number of aryl methyl sites for hydroxylation is 2. The molecule has 6 nitrogen and oxygen atoms in total. The Morgan fingerprint density at radius 3 is 2.85 bits per heavy atom. The molecule has 112 valence electrons. The average Bonchev–Trinajstić information content (AvgIpc) is 3.13. The zero-order chi connectivity index (χ0) is 14.4. The van der Waals surface area contributed by atoms with Gasteiger partial charge in [-0.2, -0.15) is 0 Å². The van der Waals surface area contributed by atoms with E-state index in [1.54, 1.807) is 6.20 Å². The van der Waals surface area contributed by atoms with Crippen LogP contribution in [0.4, 0.5) is 4.79 Å². The number of rotatable bonds is 8. The number of hydrogen-bond acceptors (Lipinski definition) is 3. The van der Waals surface area contributed by atoms with Crippen LogP contribution in [0.5, 0.6) is 0 Å². The number of hydrogen-bond donors (Lipinski definition) is 3. The molecular weight excluding hydrogens is 256 g/mol. The van der Waals surface area contributed by atoms with Gasteiger partial charge in [0.1, 0.15) is 5.82 Å². The first-order valence-corrected chi connectivity index (χ1v) is 7.25. The molecule has 0 bridgehead atoms. The van der Waals surface area contributed by atoms with Crippen LogP contribution < -0.4 is 10.6 Å². The fraction of sp³-hybridized carbons (Fsp3) is 0.714. The highest BCUT2D eigenvalue weighted by atomic mass is 16.3. The van der Waals surface area contributed by atoms with Crippen LogP contribution >= 0.6 is 0 Å². The number of nitrogens with one attached hydrogen (secondary N) is 2. The van der Waals surface area contributed by atoms with Crippen LogP contribution in [-0.2, 0) is 6.54 Å². The normalized spacial score (nSPS) is 15.9. The highest BCUT2D eigenvalue weighted by molar-refractivity contribution is 5.73. The van der Waals surface area contributed by atoms with Gasteiger partial charge in [-0.3, -0.25) is 0 Å². The maximum Gasteiger partial charge on any atom is 0.314 e. The highest BCUT2D eigenvalue weighted by Crippen LogP contribution is 2.44. The Labute approximate surface area is 119 Å². The number of imidazole rings is 1. The number of aromatic nitrogens is 2. The predicted octanol–water partition coefficient (Wildman–Crippen LogP) is 1.04. The van der Waals surface area contributed by atoms with Crippen LogP contribution in [-0.4, -0.2) is 40.4 Å². The first kappa shape index (κ1) is 14.8. The molecule has 0 radical (unpaired) electrons. The summed E-state index contributed by atoms with van der Waals surface area (Å²) in [5.41, 5.74) is -0.0315. The molecule has 2 rings (SSSR count). The third-order valence-corrected chi connectivity index (χ3v) is 3.95. The lowest BCUT2D eigenvalue weighted by atomic mass is 10.1. The number of urea groups is 1. The van der Waals surface area contributed by atoms with E-state index in [1.165, 1.54) is 0 Å². The lowest BCUT2D eigenvalue weighted by molar-refractivity contribution is 0.203. The van der Waals surface area contributed by atoms with Gasteiger partial charge in [0.2, 0.25) is 0 Å². The minimum atomic E-state index is -0.136. The van der Waals surface area contributed by atoms with Gasteiger partial charge in [0, 0.05) is 37.4 Å². The Balaban J connectivity index is 1.50. The molecule has 0 aromatic carbocycles. The Morgan fingerprint density at radius 2 is 2.25 bits per heavy atom. The molecule has 6 heteroatoms. The summed E-state index contributed by atoms with van der Waals surface area (Å²) in [6.45, 7) is 4.33. The van der Waals surface area contributed by atoms with E-state index in [0.717, 1.165) is 38.1 Å². The van der Waals surface area contributed by atoms with Crippen LogP contribution in [0.1, 0.15) is 31.5 Å². The maximum absolute atomic E-state index is 11.6. The molecular formula is C14H24N4O2. The first-order valence-electron chi connectivity index (χ1n) is 7.25. The average molecular weight is 280 g/mol. The number of carbonyl (C=O) groups excluding carboxylic acids is 1. The molecule has 20 heavy (non-hydrogen) atoms. The van der Waals surface area contributed by atoms with Gasteiger partial charge in [-0.05, 0) is 32.6 Å². The quantitative estimate of drug-likeness (QED) is 0.623. The minimum Gasteiger partial charge on any atom is -0.396 e. The lowest BCUT2D eigenvalue weighted by Crippen LogP contribution is -2.40. The predicted molar refractivity (Wildman–Crippen MR) is 76.4 cm³/mol. The zero-order valence-electron chi connectivity index (χ0n) is 12.1. The number of amides is 2. The summed E-state index contributed by atoms with van der Waals surface area (Å²) in [6.07, 6.45) is 7.74. The van der Waals surface area contributed by atoms with Crippen molar-refractivity contribution in [2.75, 3.05) is 19.7 Å². The van der Waals surface area contributed by atoms with Crippen LogP contribution in [0.15, 0.2) is 12.4 Å². The van der Waals surface area contributed by atoms with Gasteiger partial charge >= 0.3 is 6.03 Å². The second-order valence-electron chi connectivity index (χ2n) is 5.64. The largest absolute Gasteiger partial charge is 0.396 e. The molecule has 0 saturated heterocycles. The van der Waals surface area contributed by atoms with Crippen LogP contribution in [0.25, 0.3) is 0 Å². The number of nitrogens with zero attached hydrogens (tertiary/aromatic N) is 2. The van der Waals surface area contributed by atoms with E-state index in [-0.39, 0.29) is 18.1 Å². The molecule has 0 aliphatic heterocycles. The molecule has 1 aliphatic carbocycles. The van der Waals surface area contributed by atoms with Gasteiger partial charge in [-0.1, -0.05) is 0 Å². The van der Waals surface area contributed by atoms with E-state index in [2.05, 4.69) is 20.2 Å². The maximum atomic E-state index is 11.6. The summed E-state index contributed by atoms with van der Waals surface area (Å²) in [4.78, 5) is 15.7. The van der Waals surface area contributed by atoms with Crippen molar-refractivity contribution in [3.05, 3.63) is 18.2 Å². The molecule has 0 unspecified atom stereocenters. The number of carbonyl (C=O) groups is 1. The Morgan fingerprint density at radius 1 is 1.45 bits per heavy atom. The number of unbranched alkanes of at least 4 members (excludes halogenated alkanes) is 1.